The molecule has 0 aliphatic carbocycles. The first-order chi connectivity index (χ1) is 10.1. The summed E-state index contributed by atoms with van der Waals surface area (Å²) in [7, 11) is 0. The van der Waals surface area contributed by atoms with Crippen molar-refractivity contribution in [1.29, 1.82) is 0 Å². The molecule has 21 heavy (non-hydrogen) atoms. The van der Waals surface area contributed by atoms with Gasteiger partial charge in [-0.05, 0) is 69.4 Å². The molecule has 0 saturated carbocycles. The van der Waals surface area contributed by atoms with Crippen LogP contribution < -0.4 is 5.32 Å². The van der Waals surface area contributed by atoms with E-state index in [0.717, 1.165) is 32.0 Å². The zero-order valence-corrected chi connectivity index (χ0v) is 13.0. The fourth-order valence-electron chi connectivity index (χ4n) is 2.63. The molecule has 1 N–H and O–H groups in total. The summed E-state index contributed by atoms with van der Waals surface area (Å²) < 4.78 is 13.4. The van der Waals surface area contributed by atoms with Crippen LogP contribution >= 0.6 is 0 Å². The molecule has 116 valence electrons. The number of benzene rings is 1. The Morgan fingerprint density at radius 3 is 2.76 bits per heavy atom. The van der Waals surface area contributed by atoms with Gasteiger partial charge in [0.1, 0.15) is 5.82 Å². The van der Waals surface area contributed by atoms with Gasteiger partial charge in [-0.1, -0.05) is 13.0 Å². The van der Waals surface area contributed by atoms with E-state index < -0.39 is 0 Å². The molecular formula is C17H25FN2O. The van der Waals surface area contributed by atoms with Crippen LogP contribution in [0.2, 0.25) is 0 Å². The SMILES string of the molecule is Cc1ccc(C(=O)NCCCN2CCC(C)CC2)cc1F. The Morgan fingerprint density at radius 1 is 1.38 bits per heavy atom. The number of nitrogens with one attached hydrogen (secondary N) is 1. The van der Waals surface area contributed by atoms with Gasteiger partial charge < -0.3 is 10.2 Å². The van der Waals surface area contributed by atoms with Gasteiger partial charge >= 0.3 is 0 Å². The molecule has 2 rings (SSSR count). The maximum absolute atomic E-state index is 13.4. The lowest BCUT2D eigenvalue weighted by Gasteiger charge is -2.30. The van der Waals surface area contributed by atoms with Crippen LogP contribution in [0, 0.1) is 18.7 Å². The Bertz CT molecular complexity index is 482. The van der Waals surface area contributed by atoms with Crippen molar-refractivity contribution in [2.24, 2.45) is 5.92 Å². The fourth-order valence-corrected chi connectivity index (χ4v) is 2.63. The highest BCUT2D eigenvalue weighted by Gasteiger charge is 2.15. The van der Waals surface area contributed by atoms with E-state index in [2.05, 4.69) is 17.1 Å². The number of hydrogen-bond acceptors (Lipinski definition) is 2. The van der Waals surface area contributed by atoms with Gasteiger partial charge in [-0.15, -0.1) is 0 Å². The third-order valence-corrected chi connectivity index (χ3v) is 4.25. The molecule has 0 unspecified atom stereocenters. The fraction of sp³-hybridized carbons (Fsp3) is 0.588. The predicted molar refractivity (Wildman–Crippen MR) is 82.9 cm³/mol. The van der Waals surface area contributed by atoms with E-state index in [1.54, 1.807) is 19.1 Å². The quantitative estimate of drug-likeness (QED) is 0.846. The molecule has 1 saturated heterocycles. The minimum atomic E-state index is -0.329. The first-order valence-electron chi connectivity index (χ1n) is 7.83. The van der Waals surface area contributed by atoms with Crippen molar-refractivity contribution in [1.82, 2.24) is 10.2 Å². The van der Waals surface area contributed by atoms with Crippen molar-refractivity contribution in [3.63, 3.8) is 0 Å². The minimum absolute atomic E-state index is 0.193. The molecule has 0 radical (unpaired) electrons. The summed E-state index contributed by atoms with van der Waals surface area (Å²) >= 11 is 0. The van der Waals surface area contributed by atoms with E-state index in [4.69, 9.17) is 0 Å². The van der Waals surface area contributed by atoms with E-state index >= 15 is 0 Å². The molecule has 1 aliphatic rings. The molecule has 1 aromatic rings. The number of rotatable bonds is 5. The summed E-state index contributed by atoms with van der Waals surface area (Å²) in [5, 5.41) is 2.86. The van der Waals surface area contributed by atoms with Crippen molar-refractivity contribution in [2.45, 2.75) is 33.1 Å². The average molecular weight is 292 g/mol. The van der Waals surface area contributed by atoms with Crippen molar-refractivity contribution in [3.8, 4) is 0 Å². The van der Waals surface area contributed by atoms with Gasteiger partial charge in [0.15, 0.2) is 0 Å². The van der Waals surface area contributed by atoms with Crippen LogP contribution in [-0.4, -0.2) is 37.0 Å². The van der Waals surface area contributed by atoms with Crippen LogP contribution in [0.4, 0.5) is 4.39 Å². The van der Waals surface area contributed by atoms with Gasteiger partial charge in [0.05, 0.1) is 0 Å². The van der Waals surface area contributed by atoms with Gasteiger partial charge in [-0.25, -0.2) is 4.39 Å². The number of likely N-dealkylation sites (tertiary alicyclic amines) is 1. The van der Waals surface area contributed by atoms with Crippen LogP contribution in [0.25, 0.3) is 0 Å². The van der Waals surface area contributed by atoms with Crippen molar-refractivity contribution in [2.75, 3.05) is 26.2 Å². The van der Waals surface area contributed by atoms with E-state index in [9.17, 15) is 9.18 Å². The Balaban J connectivity index is 1.68. The number of piperidine rings is 1. The van der Waals surface area contributed by atoms with Crippen LogP contribution in [0.5, 0.6) is 0 Å². The first kappa shape index (κ1) is 16.0. The van der Waals surface area contributed by atoms with E-state index in [-0.39, 0.29) is 11.7 Å². The standard InChI is InChI=1S/C17H25FN2O/c1-13-6-10-20(11-7-13)9-3-8-19-17(21)15-5-4-14(2)16(18)12-15/h4-5,12-13H,3,6-11H2,1-2H3,(H,19,21). The molecule has 1 heterocycles. The largest absolute Gasteiger partial charge is 0.352 e. The van der Waals surface area contributed by atoms with Crippen LogP contribution in [0.3, 0.4) is 0 Å². The molecule has 0 atom stereocenters. The Labute approximate surface area is 126 Å². The molecule has 0 aromatic heterocycles. The second-order valence-electron chi connectivity index (χ2n) is 6.10. The molecule has 3 nitrogen and oxygen atoms in total. The number of carbonyl (C=O) groups excluding carboxylic acids is 1. The third kappa shape index (κ3) is 4.81. The summed E-state index contributed by atoms with van der Waals surface area (Å²) in [6.07, 6.45) is 3.48. The molecule has 1 aliphatic heterocycles. The van der Waals surface area contributed by atoms with E-state index in [1.165, 1.54) is 18.9 Å². The van der Waals surface area contributed by atoms with Crippen molar-refractivity contribution >= 4 is 5.91 Å². The summed E-state index contributed by atoms with van der Waals surface area (Å²) in [6.45, 7) is 7.99. The summed E-state index contributed by atoms with van der Waals surface area (Å²) in [5.41, 5.74) is 0.954. The van der Waals surface area contributed by atoms with Crippen LogP contribution in [-0.2, 0) is 0 Å². The summed E-state index contributed by atoms with van der Waals surface area (Å²) in [4.78, 5) is 14.4. The third-order valence-electron chi connectivity index (χ3n) is 4.25. The van der Waals surface area contributed by atoms with Gasteiger partial charge in [0, 0.05) is 12.1 Å². The highest BCUT2D eigenvalue weighted by Crippen LogP contribution is 2.15. The van der Waals surface area contributed by atoms with Gasteiger partial charge in [-0.2, -0.15) is 0 Å². The predicted octanol–water partition coefficient (Wildman–Crippen LogP) is 2.99. The highest BCUT2D eigenvalue weighted by molar-refractivity contribution is 5.94. The average Bonchev–Trinajstić information content (AvgIpc) is 2.48. The molecule has 0 spiro atoms. The molecule has 1 aromatic carbocycles. The Morgan fingerprint density at radius 2 is 2.10 bits per heavy atom. The number of carbonyl (C=O) groups is 1. The van der Waals surface area contributed by atoms with Crippen molar-refractivity contribution < 1.29 is 9.18 Å². The molecular weight excluding hydrogens is 267 g/mol. The lowest BCUT2D eigenvalue weighted by Crippen LogP contribution is -2.35. The minimum Gasteiger partial charge on any atom is -0.352 e. The molecule has 1 amide bonds. The Hall–Kier alpha value is -1.42. The second kappa shape index (κ2) is 7.55. The van der Waals surface area contributed by atoms with Crippen LogP contribution in [0.1, 0.15) is 42.1 Å². The lowest BCUT2D eigenvalue weighted by molar-refractivity contribution is 0.0950. The van der Waals surface area contributed by atoms with Gasteiger partial charge in [-0.3, -0.25) is 4.79 Å². The second-order valence-corrected chi connectivity index (χ2v) is 6.10. The normalized spacial score (nSPS) is 16.9. The number of hydrogen-bond donors (Lipinski definition) is 1. The van der Waals surface area contributed by atoms with Gasteiger partial charge in [0.25, 0.3) is 5.91 Å². The zero-order chi connectivity index (χ0) is 15.2. The Kier molecular flexibility index (Phi) is 5.74. The number of nitrogens with zero attached hydrogens (tertiary/aromatic N) is 1. The van der Waals surface area contributed by atoms with E-state index in [0.29, 0.717) is 17.7 Å². The summed E-state index contributed by atoms with van der Waals surface area (Å²) in [6, 6.07) is 4.61. The molecule has 1 fully saturated rings. The van der Waals surface area contributed by atoms with E-state index in [1.807, 2.05) is 0 Å². The lowest BCUT2D eigenvalue weighted by atomic mass is 9.99. The zero-order valence-electron chi connectivity index (χ0n) is 13.0. The maximum atomic E-state index is 13.4. The van der Waals surface area contributed by atoms with Crippen LogP contribution in [0.15, 0.2) is 18.2 Å². The number of aryl methyl sites for hydroxylation is 1. The number of halogens is 1. The monoisotopic (exact) mass is 292 g/mol. The van der Waals surface area contributed by atoms with Gasteiger partial charge in [0.2, 0.25) is 0 Å². The first-order valence-corrected chi connectivity index (χ1v) is 7.83. The van der Waals surface area contributed by atoms with Crippen molar-refractivity contribution in [3.05, 3.63) is 35.1 Å². The molecule has 4 heteroatoms. The maximum Gasteiger partial charge on any atom is 0.251 e. The highest BCUT2D eigenvalue weighted by atomic mass is 19.1. The number of amides is 1. The molecule has 0 bridgehead atoms. The summed E-state index contributed by atoms with van der Waals surface area (Å²) in [5.74, 6) is 0.323. The smallest absolute Gasteiger partial charge is 0.251 e. The topological polar surface area (TPSA) is 32.3 Å².